The Morgan fingerprint density at radius 3 is 3.06 bits per heavy atom. The van der Waals surface area contributed by atoms with Crippen LogP contribution in [0.2, 0.25) is 0 Å². The van der Waals surface area contributed by atoms with Crippen molar-refractivity contribution < 1.29 is 9.90 Å². The molecule has 0 bridgehead atoms. The van der Waals surface area contributed by atoms with Gasteiger partial charge in [0.05, 0.1) is 12.2 Å². The zero-order chi connectivity index (χ0) is 12.8. The fourth-order valence-electron chi connectivity index (χ4n) is 1.71. The van der Waals surface area contributed by atoms with E-state index in [4.69, 9.17) is 5.11 Å². The lowest BCUT2D eigenvalue weighted by atomic mass is 9.93. The van der Waals surface area contributed by atoms with E-state index in [1.165, 1.54) is 6.42 Å². The molecule has 2 N–H and O–H groups in total. The van der Waals surface area contributed by atoms with Crippen LogP contribution in [0.4, 0.5) is 0 Å². The summed E-state index contributed by atoms with van der Waals surface area (Å²) in [6.45, 7) is 0.0247. The first-order chi connectivity index (χ1) is 8.81. The Morgan fingerprint density at radius 1 is 1.56 bits per heavy atom. The number of amides is 1. The molecular weight excluding hydrogens is 228 g/mol. The second kappa shape index (κ2) is 6.18. The second-order valence-electron chi connectivity index (χ2n) is 4.28. The molecule has 4 nitrogen and oxygen atoms in total. The van der Waals surface area contributed by atoms with Crippen LogP contribution in [0.3, 0.4) is 0 Å². The molecule has 0 aliphatic heterocycles. The molecule has 4 heteroatoms. The molecule has 1 aliphatic carbocycles. The summed E-state index contributed by atoms with van der Waals surface area (Å²) in [5.41, 5.74) is 0.984. The second-order valence-corrected chi connectivity index (χ2v) is 4.28. The van der Waals surface area contributed by atoms with Crippen molar-refractivity contribution in [1.82, 2.24) is 10.3 Å². The van der Waals surface area contributed by atoms with Crippen molar-refractivity contribution in [2.45, 2.75) is 31.7 Å². The van der Waals surface area contributed by atoms with Gasteiger partial charge in [0.2, 0.25) is 0 Å². The molecule has 0 atom stereocenters. The number of aromatic nitrogens is 1. The number of carbonyl (C=O) groups excluding carboxylic acids is 1. The minimum Gasteiger partial charge on any atom is -0.395 e. The lowest BCUT2D eigenvalue weighted by Crippen LogP contribution is -2.40. The van der Waals surface area contributed by atoms with E-state index in [2.05, 4.69) is 22.1 Å². The predicted molar refractivity (Wildman–Crippen MR) is 67.9 cm³/mol. The summed E-state index contributed by atoms with van der Waals surface area (Å²) >= 11 is 0. The molecule has 0 radical (unpaired) electrons. The molecular formula is C14H16N2O2. The fraction of sp³-hybridized carbons (Fsp3) is 0.429. The molecule has 1 saturated carbocycles. The first-order valence-electron chi connectivity index (χ1n) is 6.17. The van der Waals surface area contributed by atoms with Crippen molar-refractivity contribution in [1.29, 1.82) is 0 Å². The zero-order valence-electron chi connectivity index (χ0n) is 10.1. The number of hydrogen-bond donors (Lipinski definition) is 2. The molecule has 1 aromatic rings. The van der Waals surface area contributed by atoms with Gasteiger partial charge in [0.1, 0.15) is 5.69 Å². The average molecular weight is 244 g/mol. The van der Waals surface area contributed by atoms with Crippen molar-refractivity contribution >= 4 is 5.91 Å². The van der Waals surface area contributed by atoms with Crippen LogP contribution in [0.15, 0.2) is 18.3 Å². The van der Waals surface area contributed by atoms with Crippen molar-refractivity contribution in [2.24, 2.45) is 0 Å². The zero-order valence-corrected chi connectivity index (χ0v) is 10.1. The number of carbonyl (C=O) groups is 1. The number of hydrogen-bond acceptors (Lipinski definition) is 3. The third-order valence-corrected chi connectivity index (χ3v) is 2.92. The first kappa shape index (κ1) is 12.6. The topological polar surface area (TPSA) is 62.2 Å². The van der Waals surface area contributed by atoms with Gasteiger partial charge < -0.3 is 10.4 Å². The maximum absolute atomic E-state index is 12.0. The maximum Gasteiger partial charge on any atom is 0.271 e. The number of nitrogens with one attached hydrogen (secondary N) is 1. The van der Waals surface area contributed by atoms with E-state index in [1.54, 1.807) is 18.3 Å². The number of rotatable bonds is 3. The van der Waals surface area contributed by atoms with Crippen LogP contribution in [-0.2, 0) is 0 Å². The Balaban J connectivity index is 2.11. The summed E-state index contributed by atoms with van der Waals surface area (Å²) < 4.78 is 0. The summed E-state index contributed by atoms with van der Waals surface area (Å²) in [6, 6.07) is 3.81. The summed E-state index contributed by atoms with van der Waals surface area (Å²) in [5, 5.41) is 11.6. The number of nitrogens with zero attached hydrogens (tertiary/aromatic N) is 1. The van der Waals surface area contributed by atoms with Gasteiger partial charge >= 0.3 is 0 Å². The van der Waals surface area contributed by atoms with Gasteiger partial charge in [-0.1, -0.05) is 11.8 Å². The highest BCUT2D eigenvalue weighted by Crippen LogP contribution is 2.18. The summed E-state index contributed by atoms with van der Waals surface area (Å²) in [7, 11) is 0. The smallest absolute Gasteiger partial charge is 0.271 e. The van der Waals surface area contributed by atoms with E-state index in [9.17, 15) is 4.79 Å². The largest absolute Gasteiger partial charge is 0.395 e. The van der Waals surface area contributed by atoms with Crippen molar-refractivity contribution in [2.75, 3.05) is 6.61 Å². The van der Waals surface area contributed by atoms with Crippen LogP contribution >= 0.6 is 0 Å². The van der Waals surface area contributed by atoms with Crippen LogP contribution in [0, 0.1) is 11.8 Å². The highest BCUT2D eigenvalue weighted by molar-refractivity contribution is 5.94. The van der Waals surface area contributed by atoms with Gasteiger partial charge in [-0.15, -0.1) is 0 Å². The molecule has 0 spiro atoms. The predicted octanol–water partition coefficient (Wildman–Crippen LogP) is 1.10. The van der Waals surface area contributed by atoms with Crippen LogP contribution in [0.25, 0.3) is 0 Å². The van der Waals surface area contributed by atoms with Crippen LogP contribution in [-0.4, -0.2) is 28.6 Å². The normalized spacial score (nSPS) is 14.3. The quantitative estimate of drug-likeness (QED) is 0.783. The maximum atomic E-state index is 12.0. The number of aliphatic hydroxyl groups is 1. The van der Waals surface area contributed by atoms with Gasteiger partial charge in [-0.3, -0.25) is 4.79 Å². The van der Waals surface area contributed by atoms with Crippen molar-refractivity contribution in [3.05, 3.63) is 29.6 Å². The average Bonchev–Trinajstić information content (AvgIpc) is 2.34. The molecule has 1 heterocycles. The Bertz CT molecular complexity index is 484. The fourth-order valence-corrected chi connectivity index (χ4v) is 1.71. The molecule has 1 fully saturated rings. The first-order valence-corrected chi connectivity index (χ1v) is 6.17. The SMILES string of the molecule is O=C(NC1CCC1)c1ncccc1C#CCCO. The summed E-state index contributed by atoms with van der Waals surface area (Å²) in [5.74, 6) is 5.52. The number of aliphatic hydroxyl groups excluding tert-OH is 1. The Hall–Kier alpha value is -1.86. The molecule has 1 aliphatic rings. The van der Waals surface area contributed by atoms with Gasteiger partial charge in [0.15, 0.2) is 0 Å². The standard InChI is InChI=1S/C14H16N2O2/c17-10-2-1-5-11-6-4-9-15-13(11)14(18)16-12-7-3-8-12/h4,6,9,12,17H,2-3,7-8,10H2,(H,16,18). The van der Waals surface area contributed by atoms with Crippen molar-refractivity contribution in [3.8, 4) is 11.8 Å². The monoisotopic (exact) mass is 244 g/mol. The summed E-state index contributed by atoms with van der Waals surface area (Å²) in [6.07, 6.45) is 5.26. The molecule has 1 amide bonds. The summed E-state index contributed by atoms with van der Waals surface area (Å²) in [4.78, 5) is 16.1. The molecule has 1 aromatic heterocycles. The Morgan fingerprint density at radius 2 is 2.39 bits per heavy atom. The van der Waals surface area contributed by atoms with Gasteiger partial charge in [-0.2, -0.15) is 0 Å². The minimum atomic E-state index is -0.159. The molecule has 0 saturated heterocycles. The molecule has 18 heavy (non-hydrogen) atoms. The van der Waals surface area contributed by atoms with Gasteiger partial charge in [0, 0.05) is 18.7 Å². The third kappa shape index (κ3) is 3.08. The molecule has 94 valence electrons. The van der Waals surface area contributed by atoms with E-state index in [-0.39, 0.29) is 18.6 Å². The molecule has 0 unspecified atom stereocenters. The van der Waals surface area contributed by atoms with Crippen LogP contribution < -0.4 is 5.32 Å². The van der Waals surface area contributed by atoms with E-state index in [1.807, 2.05) is 0 Å². The van der Waals surface area contributed by atoms with Gasteiger partial charge in [0.25, 0.3) is 5.91 Å². The molecule has 0 aromatic carbocycles. The van der Waals surface area contributed by atoms with Gasteiger partial charge in [-0.05, 0) is 31.4 Å². The van der Waals surface area contributed by atoms with E-state index in [0.717, 1.165) is 12.8 Å². The minimum absolute atomic E-state index is 0.0247. The van der Waals surface area contributed by atoms with E-state index in [0.29, 0.717) is 17.7 Å². The Kier molecular flexibility index (Phi) is 4.32. The lowest BCUT2D eigenvalue weighted by molar-refractivity contribution is 0.0911. The van der Waals surface area contributed by atoms with Crippen LogP contribution in [0.5, 0.6) is 0 Å². The third-order valence-electron chi connectivity index (χ3n) is 2.92. The van der Waals surface area contributed by atoms with Crippen LogP contribution in [0.1, 0.15) is 41.7 Å². The lowest BCUT2D eigenvalue weighted by Gasteiger charge is -2.26. The highest BCUT2D eigenvalue weighted by Gasteiger charge is 2.21. The molecule has 2 rings (SSSR count). The Labute approximate surface area is 106 Å². The van der Waals surface area contributed by atoms with E-state index >= 15 is 0 Å². The number of pyridine rings is 1. The van der Waals surface area contributed by atoms with Crippen molar-refractivity contribution in [3.63, 3.8) is 0 Å². The highest BCUT2D eigenvalue weighted by atomic mass is 16.2. The van der Waals surface area contributed by atoms with E-state index < -0.39 is 0 Å². The van der Waals surface area contributed by atoms with Gasteiger partial charge in [-0.25, -0.2) is 4.98 Å².